The Morgan fingerprint density at radius 1 is 1.40 bits per heavy atom. The first-order valence-electron chi connectivity index (χ1n) is 4.59. The van der Waals surface area contributed by atoms with Crippen LogP contribution in [0, 0.1) is 6.92 Å². The lowest BCUT2D eigenvalue weighted by molar-refractivity contribution is 0.394. The van der Waals surface area contributed by atoms with Crippen LogP contribution in [-0.2, 0) is 0 Å². The van der Waals surface area contributed by atoms with E-state index in [-0.39, 0.29) is 0 Å². The summed E-state index contributed by atoms with van der Waals surface area (Å²) in [5.74, 6) is 1.75. The van der Waals surface area contributed by atoms with Gasteiger partial charge in [0, 0.05) is 6.54 Å². The molecule has 0 unspecified atom stereocenters. The molecule has 15 heavy (non-hydrogen) atoms. The topological polar surface area (TPSA) is 59.4 Å². The number of methoxy groups -OCH3 is 1. The first kappa shape index (κ1) is 10.2. The zero-order valence-corrected chi connectivity index (χ0v) is 9.30. The molecule has 1 aliphatic rings. The molecule has 0 spiro atoms. The van der Waals surface area contributed by atoms with E-state index in [0.29, 0.717) is 28.3 Å². The SMILES string of the molecule is COc1nc(C)nc(Cl)c1C1=NCCN1. The third-order valence-corrected chi connectivity index (χ3v) is 2.32. The van der Waals surface area contributed by atoms with Crippen molar-refractivity contribution in [1.82, 2.24) is 15.3 Å². The number of nitrogens with zero attached hydrogens (tertiary/aromatic N) is 3. The maximum Gasteiger partial charge on any atom is 0.229 e. The molecule has 6 heteroatoms. The van der Waals surface area contributed by atoms with Gasteiger partial charge in [-0.15, -0.1) is 0 Å². The van der Waals surface area contributed by atoms with Crippen LogP contribution in [0.25, 0.3) is 0 Å². The van der Waals surface area contributed by atoms with Crippen molar-refractivity contribution in [2.24, 2.45) is 4.99 Å². The lowest BCUT2D eigenvalue weighted by atomic mass is 10.3. The highest BCUT2D eigenvalue weighted by atomic mass is 35.5. The van der Waals surface area contributed by atoms with Gasteiger partial charge in [-0.2, -0.15) is 4.98 Å². The zero-order valence-electron chi connectivity index (χ0n) is 8.54. The van der Waals surface area contributed by atoms with E-state index in [1.807, 2.05) is 0 Å². The summed E-state index contributed by atoms with van der Waals surface area (Å²) in [6, 6.07) is 0. The molecular weight excluding hydrogens is 216 g/mol. The predicted molar refractivity (Wildman–Crippen MR) is 57.7 cm³/mol. The molecule has 2 rings (SSSR count). The van der Waals surface area contributed by atoms with Crippen molar-refractivity contribution < 1.29 is 4.74 Å². The van der Waals surface area contributed by atoms with E-state index in [2.05, 4.69) is 20.3 Å². The predicted octanol–water partition coefficient (Wildman–Crippen LogP) is 0.797. The average Bonchev–Trinajstić information content (AvgIpc) is 2.69. The molecule has 1 aromatic rings. The van der Waals surface area contributed by atoms with Gasteiger partial charge >= 0.3 is 0 Å². The van der Waals surface area contributed by atoms with Gasteiger partial charge in [0.25, 0.3) is 0 Å². The molecule has 0 radical (unpaired) electrons. The number of aromatic nitrogens is 2. The molecular formula is C9H11ClN4O. The molecule has 0 aliphatic carbocycles. The van der Waals surface area contributed by atoms with Gasteiger partial charge in [0.05, 0.1) is 13.7 Å². The van der Waals surface area contributed by atoms with Gasteiger partial charge in [-0.3, -0.25) is 4.99 Å². The second kappa shape index (κ2) is 4.02. The number of aliphatic imine (C=N–C) groups is 1. The van der Waals surface area contributed by atoms with Crippen molar-refractivity contribution in [3.63, 3.8) is 0 Å². The zero-order chi connectivity index (χ0) is 10.8. The van der Waals surface area contributed by atoms with Crippen molar-refractivity contribution >= 4 is 17.4 Å². The summed E-state index contributed by atoms with van der Waals surface area (Å²) in [6.07, 6.45) is 0. The fourth-order valence-electron chi connectivity index (χ4n) is 1.43. The Labute approximate surface area is 92.6 Å². The highest BCUT2D eigenvalue weighted by Gasteiger charge is 2.19. The fourth-order valence-corrected chi connectivity index (χ4v) is 1.72. The minimum Gasteiger partial charge on any atom is -0.480 e. The van der Waals surface area contributed by atoms with Gasteiger partial charge < -0.3 is 10.1 Å². The Morgan fingerprint density at radius 2 is 2.20 bits per heavy atom. The van der Waals surface area contributed by atoms with Crippen LogP contribution in [0.15, 0.2) is 4.99 Å². The van der Waals surface area contributed by atoms with Crippen molar-refractivity contribution in [3.8, 4) is 5.88 Å². The van der Waals surface area contributed by atoms with E-state index in [1.165, 1.54) is 0 Å². The second-order valence-corrected chi connectivity index (χ2v) is 3.46. The molecule has 80 valence electrons. The lowest BCUT2D eigenvalue weighted by Gasteiger charge is -2.09. The van der Waals surface area contributed by atoms with Crippen LogP contribution in [0.3, 0.4) is 0 Å². The summed E-state index contributed by atoms with van der Waals surface area (Å²) in [5, 5.41) is 3.48. The molecule has 0 saturated carbocycles. The maximum absolute atomic E-state index is 6.04. The van der Waals surface area contributed by atoms with Crippen LogP contribution >= 0.6 is 11.6 Å². The van der Waals surface area contributed by atoms with E-state index >= 15 is 0 Å². The minimum absolute atomic E-state index is 0.368. The Kier molecular flexibility index (Phi) is 2.73. The van der Waals surface area contributed by atoms with Gasteiger partial charge in [0.15, 0.2) is 0 Å². The summed E-state index contributed by atoms with van der Waals surface area (Å²) in [5.41, 5.74) is 0.641. The highest BCUT2D eigenvalue weighted by Crippen LogP contribution is 2.23. The Balaban J connectivity index is 2.53. The Hall–Kier alpha value is -1.36. The van der Waals surface area contributed by atoms with E-state index in [1.54, 1.807) is 14.0 Å². The number of nitrogens with one attached hydrogen (secondary N) is 1. The van der Waals surface area contributed by atoms with E-state index in [0.717, 1.165) is 13.1 Å². The van der Waals surface area contributed by atoms with Crippen molar-refractivity contribution in [1.29, 1.82) is 0 Å². The van der Waals surface area contributed by atoms with Crippen molar-refractivity contribution in [2.45, 2.75) is 6.92 Å². The van der Waals surface area contributed by atoms with E-state index < -0.39 is 0 Å². The van der Waals surface area contributed by atoms with Crippen LogP contribution in [0.4, 0.5) is 0 Å². The Morgan fingerprint density at radius 3 is 2.80 bits per heavy atom. The van der Waals surface area contributed by atoms with Gasteiger partial charge in [-0.1, -0.05) is 11.6 Å². The van der Waals surface area contributed by atoms with Crippen LogP contribution in [0.5, 0.6) is 5.88 Å². The van der Waals surface area contributed by atoms with Crippen LogP contribution in [0.2, 0.25) is 5.15 Å². The number of amidine groups is 1. The number of hydrogen-bond donors (Lipinski definition) is 1. The lowest BCUT2D eigenvalue weighted by Crippen LogP contribution is -2.21. The molecule has 0 bridgehead atoms. The minimum atomic E-state index is 0.368. The average molecular weight is 227 g/mol. The summed E-state index contributed by atoms with van der Waals surface area (Å²) in [6.45, 7) is 3.31. The van der Waals surface area contributed by atoms with Crippen LogP contribution < -0.4 is 10.1 Å². The highest BCUT2D eigenvalue weighted by molar-refractivity contribution is 6.33. The number of rotatable bonds is 2. The van der Waals surface area contributed by atoms with E-state index in [9.17, 15) is 0 Å². The van der Waals surface area contributed by atoms with Crippen LogP contribution in [0.1, 0.15) is 11.4 Å². The number of hydrogen-bond acceptors (Lipinski definition) is 5. The summed E-state index contributed by atoms with van der Waals surface area (Å²) < 4.78 is 5.16. The second-order valence-electron chi connectivity index (χ2n) is 3.10. The molecule has 0 fully saturated rings. The molecule has 0 aromatic carbocycles. The van der Waals surface area contributed by atoms with Gasteiger partial charge in [-0.25, -0.2) is 4.98 Å². The first-order chi connectivity index (χ1) is 7.22. The van der Waals surface area contributed by atoms with Crippen molar-refractivity contribution in [2.75, 3.05) is 20.2 Å². The first-order valence-corrected chi connectivity index (χ1v) is 4.97. The third-order valence-electron chi connectivity index (χ3n) is 2.05. The van der Waals surface area contributed by atoms with E-state index in [4.69, 9.17) is 16.3 Å². The normalized spacial score (nSPS) is 14.7. The molecule has 1 aromatic heterocycles. The molecule has 1 N–H and O–H groups in total. The summed E-state index contributed by atoms with van der Waals surface area (Å²) in [7, 11) is 1.55. The molecule has 5 nitrogen and oxygen atoms in total. The van der Waals surface area contributed by atoms with Gasteiger partial charge in [0.2, 0.25) is 5.88 Å². The monoisotopic (exact) mass is 226 g/mol. The van der Waals surface area contributed by atoms with Gasteiger partial charge in [-0.05, 0) is 6.92 Å². The number of aryl methyl sites for hydroxylation is 1. The molecule has 2 heterocycles. The summed E-state index contributed by atoms with van der Waals surface area (Å²) >= 11 is 6.04. The number of ether oxygens (including phenoxy) is 1. The van der Waals surface area contributed by atoms with Crippen LogP contribution in [-0.4, -0.2) is 36.0 Å². The number of halogens is 1. The van der Waals surface area contributed by atoms with Gasteiger partial charge in [0.1, 0.15) is 22.4 Å². The standard InChI is InChI=1S/C9H11ClN4O/c1-5-13-7(10)6(9(14-5)15-2)8-11-3-4-12-8/h3-4H2,1-2H3,(H,11,12). The quantitative estimate of drug-likeness (QED) is 0.758. The molecule has 1 aliphatic heterocycles. The smallest absolute Gasteiger partial charge is 0.229 e. The Bertz CT molecular complexity index is 419. The maximum atomic E-state index is 6.04. The molecule has 0 saturated heterocycles. The molecule has 0 amide bonds. The third kappa shape index (κ3) is 1.87. The van der Waals surface area contributed by atoms with Crippen molar-refractivity contribution in [3.05, 3.63) is 16.5 Å². The summed E-state index contributed by atoms with van der Waals surface area (Å²) in [4.78, 5) is 12.5. The fraction of sp³-hybridized carbons (Fsp3) is 0.444. The largest absolute Gasteiger partial charge is 0.480 e. The molecule has 0 atom stereocenters.